The summed E-state index contributed by atoms with van der Waals surface area (Å²) < 4.78 is 0. The molecule has 2 rings (SSSR count). The number of rotatable bonds is 2. The Kier molecular flexibility index (Phi) is 2.32. The molecule has 0 aliphatic rings. The van der Waals surface area contributed by atoms with E-state index in [1.165, 1.54) is 0 Å². The van der Waals surface area contributed by atoms with Crippen molar-refractivity contribution in [2.24, 2.45) is 5.73 Å². The second kappa shape index (κ2) is 3.48. The molecule has 0 aliphatic carbocycles. The first-order chi connectivity index (χ1) is 6.72. The van der Waals surface area contributed by atoms with Gasteiger partial charge < -0.3 is 10.7 Å². The topological polar surface area (TPSA) is 41.8 Å². The minimum Gasteiger partial charge on any atom is -0.361 e. The molecule has 1 heterocycles. The lowest BCUT2D eigenvalue weighted by molar-refractivity contribution is 1.27. The van der Waals surface area contributed by atoms with Crippen molar-refractivity contribution in [3.8, 4) is 0 Å². The van der Waals surface area contributed by atoms with Crippen LogP contribution in [-0.2, 0) is 0 Å². The zero-order valence-corrected chi connectivity index (χ0v) is 8.43. The summed E-state index contributed by atoms with van der Waals surface area (Å²) in [4.78, 5) is 3.14. The lowest BCUT2D eigenvalue weighted by Crippen LogP contribution is -2.00. The molecular weight excluding hydrogens is 196 g/mol. The molecule has 0 radical (unpaired) electrons. The average molecular weight is 207 g/mol. The second-order valence-corrected chi connectivity index (χ2v) is 3.64. The molecule has 0 fully saturated rings. The predicted molar refractivity (Wildman–Crippen MR) is 61.4 cm³/mol. The third-order valence-electron chi connectivity index (χ3n) is 2.27. The van der Waals surface area contributed by atoms with Gasteiger partial charge >= 0.3 is 0 Å². The summed E-state index contributed by atoms with van der Waals surface area (Å²) in [5, 5.41) is 1.84. The number of fused-ring (bicyclic) bond motifs is 1. The quantitative estimate of drug-likeness (QED) is 0.780. The van der Waals surface area contributed by atoms with Crippen molar-refractivity contribution in [3.05, 3.63) is 41.6 Å². The summed E-state index contributed by atoms with van der Waals surface area (Å²) in [7, 11) is 0. The van der Waals surface area contributed by atoms with Crippen molar-refractivity contribution in [2.45, 2.75) is 0 Å². The molecule has 0 spiro atoms. The average Bonchev–Trinajstić information content (AvgIpc) is 2.59. The van der Waals surface area contributed by atoms with Crippen LogP contribution >= 0.6 is 11.6 Å². The molecule has 3 N–H and O–H groups in total. The molecule has 3 heteroatoms. The molecule has 0 aliphatic heterocycles. The first kappa shape index (κ1) is 9.31. The summed E-state index contributed by atoms with van der Waals surface area (Å²) in [6, 6.07) is 5.74. The van der Waals surface area contributed by atoms with E-state index in [1.807, 2.05) is 24.4 Å². The Morgan fingerprint density at radius 1 is 1.50 bits per heavy atom. The van der Waals surface area contributed by atoms with Crippen molar-refractivity contribution in [1.82, 2.24) is 4.98 Å². The number of aromatic amines is 1. The lowest BCUT2D eigenvalue weighted by atomic mass is 10.1. The molecule has 2 nitrogen and oxygen atoms in total. The predicted octanol–water partition coefficient (Wildman–Crippen LogP) is 2.79. The minimum absolute atomic E-state index is 0.468. The van der Waals surface area contributed by atoms with Gasteiger partial charge in [0.1, 0.15) is 0 Å². The number of halogens is 1. The van der Waals surface area contributed by atoms with Crippen LogP contribution in [0.3, 0.4) is 0 Å². The van der Waals surface area contributed by atoms with Crippen molar-refractivity contribution in [2.75, 3.05) is 6.54 Å². The second-order valence-electron chi connectivity index (χ2n) is 3.20. The van der Waals surface area contributed by atoms with Crippen LogP contribution < -0.4 is 5.73 Å². The van der Waals surface area contributed by atoms with Crippen molar-refractivity contribution in [3.63, 3.8) is 0 Å². The SMILES string of the molecule is C=C(CN)c1c[nH]c2cc(Cl)ccc12. The molecule has 1 aromatic carbocycles. The fraction of sp³-hybridized carbons (Fsp3) is 0.0909. The van der Waals surface area contributed by atoms with Gasteiger partial charge in [0.15, 0.2) is 0 Å². The van der Waals surface area contributed by atoms with Crippen LogP contribution in [0.2, 0.25) is 5.02 Å². The smallest absolute Gasteiger partial charge is 0.0475 e. The van der Waals surface area contributed by atoms with Gasteiger partial charge in [-0.3, -0.25) is 0 Å². The molecule has 0 amide bonds. The lowest BCUT2D eigenvalue weighted by Gasteiger charge is -1.99. The van der Waals surface area contributed by atoms with Gasteiger partial charge in [-0.05, 0) is 17.7 Å². The largest absolute Gasteiger partial charge is 0.361 e. The van der Waals surface area contributed by atoms with Crippen LogP contribution in [0.25, 0.3) is 16.5 Å². The molecule has 14 heavy (non-hydrogen) atoms. The molecule has 72 valence electrons. The van der Waals surface area contributed by atoms with E-state index in [4.69, 9.17) is 17.3 Å². The first-order valence-electron chi connectivity index (χ1n) is 4.37. The summed E-state index contributed by atoms with van der Waals surface area (Å²) in [6.07, 6.45) is 1.91. The highest BCUT2D eigenvalue weighted by Crippen LogP contribution is 2.25. The third-order valence-corrected chi connectivity index (χ3v) is 2.51. The fourth-order valence-corrected chi connectivity index (χ4v) is 1.67. The van der Waals surface area contributed by atoms with E-state index in [9.17, 15) is 0 Å². The number of nitrogens with one attached hydrogen (secondary N) is 1. The van der Waals surface area contributed by atoms with Gasteiger partial charge in [-0.1, -0.05) is 24.2 Å². The fourth-order valence-electron chi connectivity index (χ4n) is 1.50. The number of aromatic nitrogens is 1. The maximum Gasteiger partial charge on any atom is 0.0475 e. The zero-order valence-electron chi connectivity index (χ0n) is 7.68. The summed E-state index contributed by atoms with van der Waals surface area (Å²) in [5.74, 6) is 0. The molecule has 0 unspecified atom stereocenters. The summed E-state index contributed by atoms with van der Waals surface area (Å²) >= 11 is 5.87. The molecule has 1 aromatic heterocycles. The van der Waals surface area contributed by atoms with Gasteiger partial charge in [-0.25, -0.2) is 0 Å². The molecule has 0 bridgehead atoms. The monoisotopic (exact) mass is 206 g/mol. The molecule has 2 aromatic rings. The van der Waals surface area contributed by atoms with Gasteiger partial charge in [0.25, 0.3) is 0 Å². The number of hydrogen-bond donors (Lipinski definition) is 2. The Morgan fingerprint density at radius 2 is 2.29 bits per heavy atom. The van der Waals surface area contributed by atoms with Gasteiger partial charge in [0.2, 0.25) is 0 Å². The van der Waals surface area contributed by atoms with Crippen molar-refractivity contribution in [1.29, 1.82) is 0 Å². The van der Waals surface area contributed by atoms with E-state index in [1.54, 1.807) is 0 Å². The Morgan fingerprint density at radius 3 is 3.00 bits per heavy atom. The molecule has 0 saturated heterocycles. The van der Waals surface area contributed by atoms with Crippen LogP contribution in [0, 0.1) is 0 Å². The van der Waals surface area contributed by atoms with Crippen molar-refractivity contribution < 1.29 is 0 Å². The van der Waals surface area contributed by atoms with E-state index >= 15 is 0 Å². The maximum absolute atomic E-state index is 5.87. The van der Waals surface area contributed by atoms with Crippen molar-refractivity contribution >= 4 is 28.1 Å². The highest BCUT2D eigenvalue weighted by atomic mass is 35.5. The summed E-state index contributed by atoms with van der Waals surface area (Å²) in [5.41, 5.74) is 8.56. The van der Waals surface area contributed by atoms with Crippen LogP contribution in [-0.4, -0.2) is 11.5 Å². The van der Waals surface area contributed by atoms with E-state index < -0.39 is 0 Å². The van der Waals surface area contributed by atoms with Gasteiger partial charge in [-0.15, -0.1) is 0 Å². The molecular formula is C11H11ClN2. The Bertz CT molecular complexity index is 485. The Labute approximate surface area is 87.4 Å². The first-order valence-corrected chi connectivity index (χ1v) is 4.75. The van der Waals surface area contributed by atoms with E-state index in [-0.39, 0.29) is 0 Å². The van der Waals surface area contributed by atoms with E-state index in [2.05, 4.69) is 11.6 Å². The van der Waals surface area contributed by atoms with Crippen LogP contribution in [0.4, 0.5) is 0 Å². The highest BCUT2D eigenvalue weighted by molar-refractivity contribution is 6.31. The van der Waals surface area contributed by atoms with Gasteiger partial charge in [0, 0.05) is 34.2 Å². The van der Waals surface area contributed by atoms with Crippen LogP contribution in [0.15, 0.2) is 31.0 Å². The Balaban J connectivity index is 2.64. The van der Waals surface area contributed by atoms with Gasteiger partial charge in [0.05, 0.1) is 0 Å². The molecule has 0 atom stereocenters. The van der Waals surface area contributed by atoms with Crippen LogP contribution in [0.1, 0.15) is 5.56 Å². The van der Waals surface area contributed by atoms with E-state index in [0.717, 1.165) is 27.1 Å². The van der Waals surface area contributed by atoms with Crippen LogP contribution in [0.5, 0.6) is 0 Å². The number of H-pyrrole nitrogens is 1. The number of nitrogens with two attached hydrogens (primary N) is 1. The number of benzene rings is 1. The third kappa shape index (κ3) is 1.43. The maximum atomic E-state index is 5.87. The highest BCUT2D eigenvalue weighted by Gasteiger charge is 2.05. The zero-order chi connectivity index (χ0) is 10.1. The Hall–Kier alpha value is -1.25. The summed E-state index contributed by atoms with van der Waals surface area (Å²) in [6.45, 7) is 4.38. The minimum atomic E-state index is 0.468. The van der Waals surface area contributed by atoms with E-state index in [0.29, 0.717) is 6.54 Å². The standard InChI is InChI=1S/C11H11ClN2/c1-7(5-13)10-6-14-11-4-8(12)2-3-9(10)11/h2-4,6,14H,1,5,13H2. The normalized spacial score (nSPS) is 10.7. The molecule has 0 saturated carbocycles. The number of hydrogen-bond acceptors (Lipinski definition) is 1. The van der Waals surface area contributed by atoms with Gasteiger partial charge in [-0.2, -0.15) is 0 Å².